The molecule has 2 unspecified atom stereocenters. The van der Waals surface area contributed by atoms with Gasteiger partial charge in [0.2, 0.25) is 12.6 Å². The third-order valence-corrected chi connectivity index (χ3v) is 4.05. The first-order chi connectivity index (χ1) is 15.2. The Morgan fingerprint density at radius 1 is 0.581 bits per heavy atom. The molecule has 7 heteroatoms. The number of rotatable bonds is 22. The lowest BCUT2D eigenvalue weighted by molar-refractivity contribution is -0.236. The van der Waals surface area contributed by atoms with E-state index in [0.717, 1.165) is 38.9 Å². The molecule has 0 aliphatic heterocycles. The molecule has 0 fully saturated rings. The molecule has 0 saturated carbocycles. The monoisotopic (exact) mass is 446 g/mol. The van der Waals surface area contributed by atoms with E-state index >= 15 is 0 Å². The number of allylic oxidation sites excluding steroid dienone is 2. The van der Waals surface area contributed by atoms with Gasteiger partial charge in [0.1, 0.15) is 11.5 Å². The minimum absolute atomic E-state index is 0.481. The van der Waals surface area contributed by atoms with E-state index in [-0.39, 0.29) is 0 Å². The molecule has 0 amide bonds. The van der Waals surface area contributed by atoms with Crippen molar-refractivity contribution in [3.8, 4) is 0 Å². The molecule has 7 nitrogen and oxygen atoms in total. The normalized spacial score (nSPS) is 14.5. The van der Waals surface area contributed by atoms with Crippen LogP contribution in [0.25, 0.3) is 0 Å². The van der Waals surface area contributed by atoms with Crippen molar-refractivity contribution >= 4 is 0 Å². The summed E-state index contributed by atoms with van der Waals surface area (Å²) in [5, 5.41) is 0. The highest BCUT2D eigenvalue weighted by Gasteiger charge is 2.26. The molecule has 0 aliphatic rings. The summed E-state index contributed by atoms with van der Waals surface area (Å²) in [5.41, 5.74) is 0. The summed E-state index contributed by atoms with van der Waals surface area (Å²) in [7, 11) is 0. The lowest BCUT2D eigenvalue weighted by atomic mass is 10.2. The van der Waals surface area contributed by atoms with Crippen molar-refractivity contribution in [2.75, 3.05) is 52.9 Å². The highest BCUT2D eigenvalue weighted by molar-refractivity contribution is 5.01. The molecular weight excluding hydrogens is 400 g/mol. The van der Waals surface area contributed by atoms with Gasteiger partial charge in [-0.05, 0) is 79.4 Å². The predicted molar refractivity (Wildman–Crippen MR) is 123 cm³/mol. The van der Waals surface area contributed by atoms with Gasteiger partial charge < -0.3 is 33.2 Å². The van der Waals surface area contributed by atoms with Crippen molar-refractivity contribution in [3.63, 3.8) is 0 Å². The van der Waals surface area contributed by atoms with Crippen LogP contribution in [0.4, 0.5) is 0 Å². The second kappa shape index (κ2) is 22.1. The van der Waals surface area contributed by atoms with Crippen LogP contribution in [0.5, 0.6) is 0 Å². The topological polar surface area (TPSA) is 64.6 Å². The molecule has 0 N–H and O–H groups in total. The highest BCUT2D eigenvalue weighted by atomic mass is 16.8. The second-order valence-electron chi connectivity index (χ2n) is 6.47. The van der Waals surface area contributed by atoms with Gasteiger partial charge in [-0.15, -0.1) is 0 Å². The smallest absolute Gasteiger partial charge is 0.219 e. The maximum atomic E-state index is 6.22. The van der Waals surface area contributed by atoms with Crippen LogP contribution in [0, 0.1) is 0 Å². The lowest BCUT2D eigenvalue weighted by Crippen LogP contribution is -2.32. The summed E-state index contributed by atoms with van der Waals surface area (Å²) in [6.07, 6.45) is 6.10. The van der Waals surface area contributed by atoms with E-state index in [1.165, 1.54) is 0 Å². The van der Waals surface area contributed by atoms with Crippen LogP contribution in [-0.2, 0) is 33.2 Å². The summed E-state index contributed by atoms with van der Waals surface area (Å²) in [6.45, 7) is 16.6. The molecule has 0 spiro atoms. The van der Waals surface area contributed by atoms with Crippen LogP contribution in [0.1, 0.15) is 67.2 Å². The van der Waals surface area contributed by atoms with E-state index in [0.29, 0.717) is 51.2 Å². The standard InChI is InChI=1S/C24H46O7/c1-7-25-19-15-13-17-21(27-9-3)23(29-11-5)31-24(30-12-6)22(28-10-4)18-14-16-20-26-8-2/h17-18,23-24H,7-16,19-20H2,1-6H3. The second-order valence-corrected chi connectivity index (χ2v) is 6.47. The molecule has 2 atom stereocenters. The minimum atomic E-state index is -0.680. The number of ether oxygens (including phenoxy) is 7. The number of unbranched alkanes of at least 4 members (excludes halogenated alkanes) is 2. The third kappa shape index (κ3) is 15.3. The fraction of sp³-hybridized carbons (Fsp3) is 0.833. The van der Waals surface area contributed by atoms with Gasteiger partial charge in [0.05, 0.1) is 13.2 Å². The molecule has 0 aromatic rings. The molecule has 0 saturated heterocycles. The van der Waals surface area contributed by atoms with Crippen LogP contribution >= 0.6 is 0 Å². The van der Waals surface area contributed by atoms with Gasteiger partial charge >= 0.3 is 0 Å². The first-order valence-corrected chi connectivity index (χ1v) is 11.9. The van der Waals surface area contributed by atoms with E-state index in [2.05, 4.69) is 0 Å². The quantitative estimate of drug-likeness (QED) is 0.129. The zero-order valence-corrected chi connectivity index (χ0v) is 20.7. The average Bonchev–Trinajstić information content (AvgIpc) is 2.76. The van der Waals surface area contributed by atoms with Crippen molar-refractivity contribution in [3.05, 3.63) is 23.7 Å². The van der Waals surface area contributed by atoms with Gasteiger partial charge in [-0.2, -0.15) is 0 Å². The van der Waals surface area contributed by atoms with Gasteiger partial charge in [0.15, 0.2) is 0 Å². The van der Waals surface area contributed by atoms with Crippen molar-refractivity contribution in [2.24, 2.45) is 0 Å². The fourth-order valence-electron chi connectivity index (χ4n) is 2.72. The Hall–Kier alpha value is -1.12. The fourth-order valence-corrected chi connectivity index (χ4v) is 2.72. The molecule has 0 radical (unpaired) electrons. The van der Waals surface area contributed by atoms with Crippen molar-refractivity contribution in [1.29, 1.82) is 0 Å². The van der Waals surface area contributed by atoms with Crippen molar-refractivity contribution in [1.82, 2.24) is 0 Å². The maximum absolute atomic E-state index is 6.22. The molecule has 0 heterocycles. The lowest BCUT2D eigenvalue weighted by Gasteiger charge is -2.27. The summed E-state index contributed by atoms with van der Waals surface area (Å²) >= 11 is 0. The Kier molecular flexibility index (Phi) is 21.3. The van der Waals surface area contributed by atoms with E-state index in [1.54, 1.807) is 0 Å². The Labute approximate surface area is 190 Å². The van der Waals surface area contributed by atoms with Gasteiger partial charge in [-0.25, -0.2) is 0 Å². The van der Waals surface area contributed by atoms with Crippen LogP contribution in [0.3, 0.4) is 0 Å². The van der Waals surface area contributed by atoms with Crippen molar-refractivity contribution < 1.29 is 33.2 Å². The number of hydrogen-bond acceptors (Lipinski definition) is 7. The molecule has 0 aliphatic carbocycles. The Bertz CT molecular complexity index is 411. The summed E-state index contributed by atoms with van der Waals surface area (Å²) in [6, 6.07) is 0. The maximum Gasteiger partial charge on any atom is 0.219 e. The molecule has 31 heavy (non-hydrogen) atoms. The summed E-state index contributed by atoms with van der Waals surface area (Å²) < 4.78 is 40.5. The zero-order chi connectivity index (χ0) is 23.2. The summed E-state index contributed by atoms with van der Waals surface area (Å²) in [5.74, 6) is 1.30. The van der Waals surface area contributed by atoms with Crippen LogP contribution in [0.15, 0.2) is 23.7 Å². The first-order valence-electron chi connectivity index (χ1n) is 11.9. The Morgan fingerprint density at radius 2 is 1.00 bits per heavy atom. The third-order valence-electron chi connectivity index (χ3n) is 4.05. The molecule has 0 aromatic heterocycles. The van der Waals surface area contributed by atoms with Crippen LogP contribution in [-0.4, -0.2) is 65.4 Å². The molecule has 0 aromatic carbocycles. The Balaban J connectivity index is 5.32. The zero-order valence-electron chi connectivity index (χ0n) is 20.7. The molecule has 0 rings (SSSR count). The van der Waals surface area contributed by atoms with Crippen LogP contribution < -0.4 is 0 Å². The van der Waals surface area contributed by atoms with E-state index in [9.17, 15) is 0 Å². The van der Waals surface area contributed by atoms with E-state index in [1.807, 2.05) is 53.7 Å². The summed E-state index contributed by atoms with van der Waals surface area (Å²) in [4.78, 5) is 0. The van der Waals surface area contributed by atoms with E-state index < -0.39 is 12.6 Å². The molecule has 184 valence electrons. The van der Waals surface area contributed by atoms with Gasteiger partial charge in [-0.3, -0.25) is 0 Å². The van der Waals surface area contributed by atoms with Gasteiger partial charge in [0.25, 0.3) is 0 Å². The SMILES string of the molecule is CCOCCCC=C(OCC)C(OCC)OC(OCC)C(=CCCCOCC)OCC. The van der Waals surface area contributed by atoms with E-state index in [4.69, 9.17) is 33.2 Å². The highest BCUT2D eigenvalue weighted by Crippen LogP contribution is 2.20. The minimum Gasteiger partial charge on any atom is -0.493 e. The molecular formula is C24H46O7. The molecule has 0 bridgehead atoms. The van der Waals surface area contributed by atoms with Gasteiger partial charge in [-0.1, -0.05) is 0 Å². The predicted octanol–water partition coefficient (Wildman–Crippen LogP) is 5.20. The van der Waals surface area contributed by atoms with Crippen LogP contribution in [0.2, 0.25) is 0 Å². The first kappa shape index (κ1) is 29.9. The largest absolute Gasteiger partial charge is 0.493 e. The number of hydrogen-bond donors (Lipinski definition) is 0. The average molecular weight is 447 g/mol. The Morgan fingerprint density at radius 3 is 1.32 bits per heavy atom. The van der Waals surface area contributed by atoms with Crippen molar-refractivity contribution in [2.45, 2.75) is 79.8 Å². The van der Waals surface area contributed by atoms with Gasteiger partial charge in [0, 0.05) is 39.6 Å².